The third-order valence-corrected chi connectivity index (χ3v) is 3.34. The summed E-state index contributed by atoms with van der Waals surface area (Å²) in [5, 5.41) is 2.87. The van der Waals surface area contributed by atoms with Crippen LogP contribution in [0.5, 0.6) is 0 Å². The maximum atomic E-state index is 13.5. The molecule has 1 aliphatic carbocycles. The molecule has 0 aromatic heterocycles. The van der Waals surface area contributed by atoms with Crippen LogP contribution >= 0.6 is 0 Å². The maximum Gasteiger partial charge on any atom is 0.416 e. The van der Waals surface area contributed by atoms with Gasteiger partial charge in [-0.25, -0.2) is 4.39 Å². The molecule has 0 radical (unpaired) electrons. The van der Waals surface area contributed by atoms with E-state index in [4.69, 9.17) is 0 Å². The fourth-order valence-electron chi connectivity index (χ4n) is 1.94. The Morgan fingerprint density at radius 3 is 2.50 bits per heavy atom. The van der Waals surface area contributed by atoms with Gasteiger partial charge in [-0.1, -0.05) is 6.92 Å². The Bertz CT molecular complexity index is 423. The van der Waals surface area contributed by atoms with E-state index in [1.165, 1.54) is 12.8 Å². The van der Waals surface area contributed by atoms with Crippen molar-refractivity contribution in [3.05, 3.63) is 29.6 Å². The van der Waals surface area contributed by atoms with Crippen molar-refractivity contribution in [2.45, 2.75) is 25.9 Å². The Balaban J connectivity index is 2.00. The molecule has 1 aromatic carbocycles. The third-order valence-electron chi connectivity index (χ3n) is 3.34. The molecule has 0 aliphatic heterocycles. The summed E-state index contributed by atoms with van der Waals surface area (Å²) >= 11 is 0. The molecule has 1 fully saturated rings. The van der Waals surface area contributed by atoms with Crippen LogP contribution in [0.4, 0.5) is 23.2 Å². The minimum absolute atomic E-state index is 0.135. The van der Waals surface area contributed by atoms with Crippen molar-refractivity contribution >= 4 is 5.69 Å². The Morgan fingerprint density at radius 2 is 2.00 bits per heavy atom. The highest BCUT2D eigenvalue weighted by molar-refractivity contribution is 5.46. The molecule has 1 atom stereocenters. The smallest absolute Gasteiger partial charge is 0.382 e. The first-order valence-electron chi connectivity index (χ1n) is 5.98. The average molecular weight is 261 g/mol. The normalized spacial score (nSPS) is 17.6. The molecule has 0 saturated heterocycles. The van der Waals surface area contributed by atoms with E-state index in [1.807, 2.05) is 0 Å². The van der Waals surface area contributed by atoms with E-state index in [0.29, 0.717) is 24.4 Å². The Labute approximate surface area is 103 Å². The summed E-state index contributed by atoms with van der Waals surface area (Å²) in [5.74, 6) is 0.245. The highest BCUT2D eigenvalue weighted by Gasteiger charge is 2.31. The predicted octanol–water partition coefficient (Wildman–Crippen LogP) is 4.30. The van der Waals surface area contributed by atoms with E-state index in [-0.39, 0.29) is 5.69 Å². The molecule has 100 valence electrons. The minimum Gasteiger partial charge on any atom is -0.382 e. The van der Waals surface area contributed by atoms with Crippen molar-refractivity contribution in [3.8, 4) is 0 Å². The molecule has 1 aliphatic rings. The number of rotatable bonds is 4. The van der Waals surface area contributed by atoms with Gasteiger partial charge >= 0.3 is 6.18 Å². The first-order valence-corrected chi connectivity index (χ1v) is 5.98. The summed E-state index contributed by atoms with van der Waals surface area (Å²) in [6.07, 6.45) is -2.11. The number of halogens is 4. The fourth-order valence-corrected chi connectivity index (χ4v) is 1.94. The van der Waals surface area contributed by atoms with Crippen molar-refractivity contribution in [2.75, 3.05) is 11.9 Å². The van der Waals surface area contributed by atoms with Crippen molar-refractivity contribution in [3.63, 3.8) is 0 Å². The second kappa shape index (κ2) is 4.78. The lowest BCUT2D eigenvalue weighted by atomic mass is 10.1. The fraction of sp³-hybridized carbons (Fsp3) is 0.538. The number of alkyl halides is 3. The number of hydrogen-bond acceptors (Lipinski definition) is 1. The summed E-state index contributed by atoms with van der Waals surface area (Å²) < 4.78 is 50.5. The summed E-state index contributed by atoms with van der Waals surface area (Å²) in [6.45, 7) is 2.65. The van der Waals surface area contributed by atoms with Gasteiger partial charge in [-0.05, 0) is 42.9 Å². The molecule has 1 nitrogen and oxygen atoms in total. The van der Waals surface area contributed by atoms with Gasteiger partial charge in [0.25, 0.3) is 0 Å². The number of nitrogens with one attached hydrogen (secondary N) is 1. The van der Waals surface area contributed by atoms with Gasteiger partial charge < -0.3 is 5.32 Å². The number of hydrogen-bond donors (Lipinski definition) is 1. The van der Waals surface area contributed by atoms with Gasteiger partial charge in [-0.3, -0.25) is 0 Å². The molecular formula is C13H15F4N. The molecule has 1 N–H and O–H groups in total. The van der Waals surface area contributed by atoms with Gasteiger partial charge in [0.15, 0.2) is 0 Å². The van der Waals surface area contributed by atoms with Crippen LogP contribution < -0.4 is 5.32 Å². The molecule has 1 aromatic rings. The number of anilines is 1. The molecule has 1 saturated carbocycles. The molecule has 1 unspecified atom stereocenters. The van der Waals surface area contributed by atoms with E-state index in [9.17, 15) is 17.6 Å². The maximum absolute atomic E-state index is 13.5. The average Bonchev–Trinajstić information content (AvgIpc) is 3.09. The van der Waals surface area contributed by atoms with Gasteiger partial charge in [0, 0.05) is 6.54 Å². The molecule has 0 bridgehead atoms. The SMILES string of the molecule is CC(CNc1ccc(C(F)(F)F)cc1F)C1CC1. The second-order valence-corrected chi connectivity index (χ2v) is 4.89. The third kappa shape index (κ3) is 3.15. The Kier molecular flexibility index (Phi) is 3.50. The van der Waals surface area contributed by atoms with E-state index < -0.39 is 17.6 Å². The van der Waals surface area contributed by atoms with Crippen LogP contribution in [0.3, 0.4) is 0 Å². The quantitative estimate of drug-likeness (QED) is 0.797. The summed E-state index contributed by atoms with van der Waals surface area (Å²) in [7, 11) is 0. The Hall–Kier alpha value is -1.26. The second-order valence-electron chi connectivity index (χ2n) is 4.89. The van der Waals surface area contributed by atoms with Crippen molar-refractivity contribution in [2.24, 2.45) is 11.8 Å². The standard InChI is InChI=1S/C13H15F4N/c1-8(9-2-3-9)7-18-12-5-4-10(6-11(12)14)13(15,16)17/h4-6,8-9,18H,2-3,7H2,1H3. The highest BCUT2D eigenvalue weighted by Crippen LogP contribution is 2.37. The van der Waals surface area contributed by atoms with Crippen LogP contribution in [0.25, 0.3) is 0 Å². The van der Waals surface area contributed by atoms with E-state index >= 15 is 0 Å². The van der Waals surface area contributed by atoms with Crippen LogP contribution in [0, 0.1) is 17.7 Å². The van der Waals surface area contributed by atoms with Crippen LogP contribution in [0.1, 0.15) is 25.3 Å². The van der Waals surface area contributed by atoms with E-state index in [1.54, 1.807) is 0 Å². The van der Waals surface area contributed by atoms with Gasteiger partial charge in [-0.15, -0.1) is 0 Å². The zero-order valence-electron chi connectivity index (χ0n) is 10.0. The summed E-state index contributed by atoms with van der Waals surface area (Å²) in [4.78, 5) is 0. The number of benzene rings is 1. The Morgan fingerprint density at radius 1 is 1.33 bits per heavy atom. The largest absolute Gasteiger partial charge is 0.416 e. The molecule has 0 spiro atoms. The van der Waals surface area contributed by atoms with Crippen molar-refractivity contribution < 1.29 is 17.6 Å². The van der Waals surface area contributed by atoms with E-state index in [0.717, 1.165) is 12.1 Å². The van der Waals surface area contributed by atoms with Crippen molar-refractivity contribution in [1.29, 1.82) is 0 Å². The molecule has 2 rings (SSSR count). The molecular weight excluding hydrogens is 246 g/mol. The molecule has 18 heavy (non-hydrogen) atoms. The topological polar surface area (TPSA) is 12.0 Å². The van der Waals surface area contributed by atoms with Crippen LogP contribution in [0.15, 0.2) is 18.2 Å². The summed E-state index contributed by atoms with van der Waals surface area (Å²) in [5.41, 5.74) is -0.823. The molecule has 0 amide bonds. The minimum atomic E-state index is -4.50. The summed E-state index contributed by atoms with van der Waals surface area (Å²) in [6, 6.07) is 2.58. The zero-order valence-corrected chi connectivity index (χ0v) is 10.0. The lowest BCUT2D eigenvalue weighted by molar-refractivity contribution is -0.137. The van der Waals surface area contributed by atoms with Gasteiger partial charge in [0.1, 0.15) is 5.82 Å². The lowest BCUT2D eigenvalue weighted by Gasteiger charge is -2.14. The van der Waals surface area contributed by atoms with Gasteiger partial charge in [0.05, 0.1) is 11.3 Å². The highest BCUT2D eigenvalue weighted by atomic mass is 19.4. The lowest BCUT2D eigenvalue weighted by Crippen LogP contribution is -2.14. The molecule has 5 heteroatoms. The predicted molar refractivity (Wildman–Crippen MR) is 61.8 cm³/mol. The first-order chi connectivity index (χ1) is 8.38. The van der Waals surface area contributed by atoms with Crippen LogP contribution in [0.2, 0.25) is 0 Å². The van der Waals surface area contributed by atoms with Crippen LogP contribution in [-0.4, -0.2) is 6.54 Å². The van der Waals surface area contributed by atoms with Gasteiger partial charge in [-0.2, -0.15) is 13.2 Å². The van der Waals surface area contributed by atoms with Crippen molar-refractivity contribution in [1.82, 2.24) is 0 Å². The zero-order chi connectivity index (χ0) is 13.3. The first kappa shape index (κ1) is 13.2. The van der Waals surface area contributed by atoms with Gasteiger partial charge in [0.2, 0.25) is 0 Å². The monoisotopic (exact) mass is 261 g/mol. The van der Waals surface area contributed by atoms with E-state index in [2.05, 4.69) is 12.2 Å². The van der Waals surface area contributed by atoms with Crippen LogP contribution in [-0.2, 0) is 6.18 Å². The molecule has 0 heterocycles.